The molecule has 0 aromatic rings. The molecule has 0 aromatic carbocycles. The maximum Gasteiger partial charge on any atom is 0.384 e. The van der Waals surface area contributed by atoms with Gasteiger partial charge in [-0.25, -0.2) is 4.79 Å². The Kier molecular flexibility index (Phi) is 19.6. The first-order valence-corrected chi connectivity index (χ1v) is 16.1. The topological polar surface area (TPSA) is 80.7 Å². The Bertz CT molecular complexity index is 690. The minimum absolute atomic E-state index is 0.0440. The zero-order valence-corrected chi connectivity index (χ0v) is 25.0. The van der Waals surface area contributed by atoms with Crippen LogP contribution in [0, 0.1) is 0 Å². The monoisotopic (exact) mass is 532 g/mol. The van der Waals surface area contributed by atoms with Crippen LogP contribution < -0.4 is 0 Å². The predicted molar refractivity (Wildman–Crippen MR) is 151 cm³/mol. The minimum Gasteiger partial charge on any atom is -0.476 e. The number of unbranched alkanes of at least 4 members (excludes halogenated alkanes) is 16. The van der Waals surface area contributed by atoms with E-state index in [2.05, 4.69) is 19.1 Å². The van der Waals surface area contributed by atoms with E-state index < -0.39 is 21.0 Å². The van der Waals surface area contributed by atoms with Crippen LogP contribution >= 0.6 is 0 Å². The Morgan fingerprint density at radius 3 is 1.53 bits per heavy atom. The highest BCUT2D eigenvalue weighted by Crippen LogP contribution is 2.29. The Balaban J connectivity index is 3.70. The van der Waals surface area contributed by atoms with Gasteiger partial charge < -0.3 is 5.11 Å². The molecule has 1 N–H and O–H groups in total. The van der Waals surface area contributed by atoms with Crippen molar-refractivity contribution in [3.63, 3.8) is 0 Å². The number of nitrogens with zero attached hydrogens (tertiary/aromatic N) is 1. The predicted octanol–water partition coefficient (Wildman–Crippen LogP) is 7.83. The van der Waals surface area contributed by atoms with Crippen LogP contribution in [0.15, 0.2) is 12.2 Å². The molecule has 0 spiro atoms. The van der Waals surface area contributed by atoms with Crippen LogP contribution in [0.4, 0.5) is 0 Å². The molecule has 1 atom stereocenters. The second-order valence-electron chi connectivity index (χ2n) is 10.9. The lowest BCUT2D eigenvalue weighted by atomic mass is 10.1. The number of aliphatic carboxylic acids is 1. The van der Waals surface area contributed by atoms with E-state index in [1.807, 2.05) is 0 Å². The van der Waals surface area contributed by atoms with Gasteiger partial charge >= 0.3 is 21.0 Å². The van der Waals surface area contributed by atoms with Crippen LogP contribution in [0.25, 0.3) is 0 Å². The number of carboxylic acids is 1. The summed E-state index contributed by atoms with van der Waals surface area (Å²) >= 11 is 0. The van der Waals surface area contributed by atoms with Crippen LogP contribution in [0.3, 0.4) is 0 Å². The normalized spacial score (nSPS) is 14.4. The molecule has 0 aliphatic carbocycles. The smallest absolute Gasteiger partial charge is 0.384 e. The first kappa shape index (κ1) is 35.1. The maximum absolute atomic E-state index is 12.7. The lowest BCUT2D eigenvalue weighted by Crippen LogP contribution is -2.66. The van der Waals surface area contributed by atoms with Gasteiger partial charge in [0, 0.05) is 6.92 Å². The molecule has 0 saturated heterocycles. The number of hydrogen-bond donors (Lipinski definition) is 1. The van der Waals surface area contributed by atoms with Gasteiger partial charge in [0.05, 0.1) is 27.2 Å². The summed E-state index contributed by atoms with van der Waals surface area (Å²) < 4.78 is 30.3. The van der Waals surface area contributed by atoms with E-state index in [9.17, 15) is 18.3 Å². The van der Waals surface area contributed by atoms with Gasteiger partial charge in [-0.05, 0) is 39.0 Å². The lowest BCUT2D eigenvalue weighted by molar-refractivity contribution is -0.913. The molecule has 0 aliphatic heterocycles. The largest absolute Gasteiger partial charge is 0.476 e. The molecule has 0 saturated carbocycles. The van der Waals surface area contributed by atoms with E-state index >= 15 is 0 Å². The van der Waals surface area contributed by atoms with Crippen molar-refractivity contribution in [2.75, 3.05) is 27.2 Å². The highest BCUT2D eigenvalue weighted by Gasteiger charge is 2.60. The average Bonchev–Trinajstić information content (AvgIpc) is 2.84. The summed E-state index contributed by atoms with van der Waals surface area (Å²) in [7, 11) is -1.04. The van der Waals surface area contributed by atoms with Crippen LogP contribution in [0.2, 0.25) is 0 Å². The number of carboxylic acid groups (broad SMARTS) is 1. The molecule has 7 heteroatoms. The Hall–Kier alpha value is -0.920. The standard InChI is InChI=1S/C29H57NO5S/c1-6-8-9-10-11-12-13-14-15-16-17-18-19-20-21-22-23-24-25-26-27-35-36(33,34)29(3,28(31)32)30(4,5)7-2/h14-15H,6-13,16-27H2,1-5H3/p+1/b15-14-. The fraction of sp³-hybridized carbons (Fsp3) is 0.897. The zero-order chi connectivity index (χ0) is 27.3. The zero-order valence-electron chi connectivity index (χ0n) is 24.2. The van der Waals surface area contributed by atoms with Gasteiger partial charge in [0.1, 0.15) is 0 Å². The molecule has 0 aliphatic rings. The molecule has 6 nitrogen and oxygen atoms in total. The number of carbonyl (C=O) groups is 1. The van der Waals surface area contributed by atoms with Gasteiger partial charge in [-0.2, -0.15) is 8.42 Å². The Morgan fingerprint density at radius 2 is 1.14 bits per heavy atom. The quantitative estimate of drug-likeness (QED) is 0.0561. The van der Waals surface area contributed by atoms with Gasteiger partial charge in [0.2, 0.25) is 0 Å². The number of rotatable bonds is 25. The van der Waals surface area contributed by atoms with E-state index in [1.54, 1.807) is 21.0 Å². The van der Waals surface area contributed by atoms with Crippen LogP contribution in [0.1, 0.15) is 136 Å². The van der Waals surface area contributed by atoms with E-state index in [4.69, 9.17) is 4.18 Å². The van der Waals surface area contributed by atoms with E-state index in [1.165, 1.54) is 96.8 Å². The molecule has 0 bridgehead atoms. The van der Waals surface area contributed by atoms with Crippen molar-refractivity contribution < 1.29 is 27.0 Å². The fourth-order valence-corrected chi connectivity index (χ4v) is 5.83. The van der Waals surface area contributed by atoms with Crippen LogP contribution in [-0.2, 0) is 19.1 Å². The first-order chi connectivity index (χ1) is 17.1. The Labute approximate surface area is 223 Å². The van der Waals surface area contributed by atoms with E-state index in [0.29, 0.717) is 13.0 Å². The molecule has 0 rings (SSSR count). The molecular weight excluding hydrogens is 474 g/mol. The van der Waals surface area contributed by atoms with Crippen molar-refractivity contribution in [3.05, 3.63) is 12.2 Å². The molecule has 214 valence electrons. The molecule has 0 radical (unpaired) electrons. The summed E-state index contributed by atoms with van der Waals surface area (Å²) in [6.07, 6.45) is 26.8. The van der Waals surface area contributed by atoms with E-state index in [-0.39, 0.29) is 11.1 Å². The summed E-state index contributed by atoms with van der Waals surface area (Å²) in [6, 6.07) is 0. The maximum atomic E-state index is 12.7. The third kappa shape index (κ3) is 13.6. The lowest BCUT2D eigenvalue weighted by Gasteiger charge is -2.41. The molecule has 36 heavy (non-hydrogen) atoms. The highest BCUT2D eigenvalue weighted by molar-refractivity contribution is 7.88. The van der Waals surface area contributed by atoms with E-state index in [0.717, 1.165) is 19.3 Å². The first-order valence-electron chi connectivity index (χ1n) is 14.7. The van der Waals surface area contributed by atoms with Crippen molar-refractivity contribution in [1.82, 2.24) is 0 Å². The summed E-state index contributed by atoms with van der Waals surface area (Å²) in [6.45, 7) is 5.68. The second-order valence-corrected chi connectivity index (χ2v) is 12.9. The summed E-state index contributed by atoms with van der Waals surface area (Å²) in [5.41, 5.74) is 0. The van der Waals surface area contributed by atoms with Gasteiger partial charge in [0.15, 0.2) is 0 Å². The van der Waals surface area contributed by atoms with Gasteiger partial charge in [-0.15, -0.1) is 0 Å². The molecule has 0 heterocycles. The number of likely N-dealkylation sites (N-methyl/N-ethyl adjacent to an activating group) is 1. The number of hydrogen-bond acceptors (Lipinski definition) is 4. The minimum atomic E-state index is -4.25. The van der Waals surface area contributed by atoms with Gasteiger partial charge in [0.25, 0.3) is 0 Å². The van der Waals surface area contributed by atoms with Crippen molar-refractivity contribution in [3.8, 4) is 0 Å². The third-order valence-corrected chi connectivity index (χ3v) is 9.84. The van der Waals surface area contributed by atoms with Crippen LogP contribution in [0.5, 0.6) is 0 Å². The summed E-state index contributed by atoms with van der Waals surface area (Å²) in [5.74, 6) is -1.38. The summed E-state index contributed by atoms with van der Waals surface area (Å²) in [5, 5.41) is 9.63. The summed E-state index contributed by atoms with van der Waals surface area (Å²) in [4.78, 5) is 9.79. The van der Waals surface area contributed by atoms with Crippen molar-refractivity contribution in [2.45, 2.75) is 141 Å². The number of quaternary nitrogens is 1. The van der Waals surface area contributed by atoms with Crippen molar-refractivity contribution >= 4 is 16.1 Å². The van der Waals surface area contributed by atoms with Crippen molar-refractivity contribution in [2.24, 2.45) is 0 Å². The fourth-order valence-electron chi connectivity index (χ4n) is 4.31. The highest BCUT2D eigenvalue weighted by atomic mass is 32.2. The number of allylic oxidation sites excluding steroid dienone is 2. The third-order valence-electron chi connectivity index (χ3n) is 7.72. The van der Waals surface area contributed by atoms with Crippen LogP contribution in [-0.4, -0.2) is 56.1 Å². The molecular formula is C29H58NO5S+. The molecule has 0 fully saturated rings. The van der Waals surface area contributed by atoms with Gasteiger partial charge in [-0.1, -0.05) is 103 Å². The SMILES string of the molecule is CCCCCCCC/C=C\CCCCCCCCCCCCOS(=O)(=O)C(C)(C(=O)O)[N+](C)(C)CC. The average molecular weight is 533 g/mol. The molecule has 1 unspecified atom stereocenters. The van der Waals surface area contributed by atoms with Gasteiger partial charge in [-0.3, -0.25) is 8.67 Å². The Morgan fingerprint density at radius 1 is 0.750 bits per heavy atom. The second kappa shape index (κ2) is 20.1. The van der Waals surface area contributed by atoms with Crippen molar-refractivity contribution in [1.29, 1.82) is 0 Å². The molecule has 0 amide bonds. The molecule has 0 aromatic heterocycles.